The van der Waals surface area contributed by atoms with E-state index in [1.54, 1.807) is 11.8 Å². The Kier molecular flexibility index (Phi) is 8.25. The van der Waals surface area contributed by atoms with Crippen LogP contribution < -0.4 is 0 Å². The van der Waals surface area contributed by atoms with Crippen molar-refractivity contribution in [1.82, 2.24) is 0 Å². The van der Waals surface area contributed by atoms with Crippen LogP contribution in [0.1, 0.15) is 12.8 Å². The summed E-state index contributed by atoms with van der Waals surface area (Å²) in [6, 6.07) is 2.09. The Bertz CT molecular complexity index is 89.5. The Labute approximate surface area is 65.4 Å². The van der Waals surface area contributed by atoms with Gasteiger partial charge in [0.2, 0.25) is 0 Å². The van der Waals surface area contributed by atoms with E-state index in [1.807, 2.05) is 0 Å². The van der Waals surface area contributed by atoms with Gasteiger partial charge in [0.05, 0.1) is 6.07 Å². The van der Waals surface area contributed by atoms with Gasteiger partial charge < -0.3 is 0 Å². The molecular weight excluding hydrogens is 154 g/mol. The van der Waals surface area contributed by atoms with E-state index in [4.69, 9.17) is 16.9 Å². The van der Waals surface area contributed by atoms with Crippen molar-refractivity contribution in [2.75, 3.05) is 17.4 Å². The Balaban J connectivity index is 2.69. The highest BCUT2D eigenvalue weighted by Gasteiger charge is 1.86. The lowest BCUT2D eigenvalue weighted by Crippen LogP contribution is -1.82. The topological polar surface area (TPSA) is 23.8 Å². The summed E-state index contributed by atoms with van der Waals surface area (Å²) in [4.78, 5) is 0. The molecule has 0 N–H and O–H groups in total. The number of alkyl halides is 1. The third-order valence-corrected chi connectivity index (χ3v) is 2.12. The number of rotatable bonds is 5. The lowest BCUT2D eigenvalue weighted by molar-refractivity contribution is 1.11. The standard InChI is InChI=1S/C6H10ClNS/c7-3-1-5-9-6-2-4-8/h1-3,5-6H2. The second kappa shape index (κ2) is 8.13. The van der Waals surface area contributed by atoms with Crippen LogP contribution in [0.5, 0.6) is 0 Å². The van der Waals surface area contributed by atoms with Gasteiger partial charge in [0.1, 0.15) is 0 Å². The van der Waals surface area contributed by atoms with Crippen LogP contribution in [-0.4, -0.2) is 17.4 Å². The molecule has 3 heteroatoms. The van der Waals surface area contributed by atoms with Gasteiger partial charge in [0, 0.05) is 18.1 Å². The van der Waals surface area contributed by atoms with E-state index in [0.717, 1.165) is 23.8 Å². The summed E-state index contributed by atoms with van der Waals surface area (Å²) in [5.41, 5.74) is 0. The first-order valence-electron chi connectivity index (χ1n) is 2.92. The van der Waals surface area contributed by atoms with E-state index in [-0.39, 0.29) is 0 Å². The number of hydrogen-bond donors (Lipinski definition) is 0. The minimum atomic E-state index is 0.660. The number of halogens is 1. The van der Waals surface area contributed by atoms with E-state index >= 15 is 0 Å². The molecule has 0 aromatic carbocycles. The van der Waals surface area contributed by atoms with Gasteiger partial charge in [-0.15, -0.1) is 11.6 Å². The second-order valence-electron chi connectivity index (χ2n) is 1.56. The lowest BCUT2D eigenvalue weighted by atomic mass is 10.6. The molecule has 0 rings (SSSR count). The van der Waals surface area contributed by atoms with Crippen LogP contribution in [-0.2, 0) is 0 Å². The largest absolute Gasteiger partial charge is 0.198 e. The Morgan fingerprint density at radius 2 is 2.22 bits per heavy atom. The van der Waals surface area contributed by atoms with Gasteiger partial charge in [-0.05, 0) is 12.2 Å². The third kappa shape index (κ3) is 8.13. The summed E-state index contributed by atoms with van der Waals surface area (Å²) in [5, 5.41) is 8.13. The molecule has 0 heterocycles. The van der Waals surface area contributed by atoms with Crippen LogP contribution in [0.25, 0.3) is 0 Å². The van der Waals surface area contributed by atoms with Crippen molar-refractivity contribution in [3.8, 4) is 6.07 Å². The van der Waals surface area contributed by atoms with E-state index in [2.05, 4.69) is 6.07 Å². The summed E-state index contributed by atoms with van der Waals surface area (Å²) in [6.45, 7) is 0. The van der Waals surface area contributed by atoms with Crippen molar-refractivity contribution in [2.45, 2.75) is 12.8 Å². The summed E-state index contributed by atoms with van der Waals surface area (Å²) in [6.07, 6.45) is 1.71. The molecular formula is C6H10ClNS. The summed E-state index contributed by atoms with van der Waals surface area (Å²) in [7, 11) is 0. The predicted octanol–water partition coefficient (Wildman–Crippen LogP) is 2.26. The van der Waals surface area contributed by atoms with Crippen molar-refractivity contribution < 1.29 is 0 Å². The zero-order chi connectivity index (χ0) is 6.95. The lowest BCUT2D eigenvalue weighted by Gasteiger charge is -1.92. The fourth-order valence-corrected chi connectivity index (χ4v) is 1.46. The quantitative estimate of drug-likeness (QED) is 0.459. The molecule has 52 valence electrons. The molecule has 0 amide bonds. The smallest absolute Gasteiger partial charge is 0.0630 e. The molecule has 0 unspecified atom stereocenters. The minimum absolute atomic E-state index is 0.660. The monoisotopic (exact) mass is 163 g/mol. The summed E-state index contributed by atoms with van der Waals surface area (Å²) < 4.78 is 0. The highest BCUT2D eigenvalue weighted by atomic mass is 35.5. The van der Waals surface area contributed by atoms with Crippen molar-refractivity contribution in [1.29, 1.82) is 5.26 Å². The van der Waals surface area contributed by atoms with Crippen molar-refractivity contribution >= 4 is 23.4 Å². The van der Waals surface area contributed by atoms with Crippen LogP contribution in [0.15, 0.2) is 0 Å². The van der Waals surface area contributed by atoms with Crippen molar-refractivity contribution in [3.63, 3.8) is 0 Å². The van der Waals surface area contributed by atoms with Gasteiger partial charge in [-0.3, -0.25) is 0 Å². The number of nitrogens with zero attached hydrogens (tertiary/aromatic N) is 1. The highest BCUT2D eigenvalue weighted by molar-refractivity contribution is 7.99. The Hall–Kier alpha value is 0.130. The van der Waals surface area contributed by atoms with Crippen molar-refractivity contribution in [2.24, 2.45) is 0 Å². The molecule has 0 radical (unpaired) electrons. The minimum Gasteiger partial charge on any atom is -0.198 e. The molecule has 0 aromatic heterocycles. The number of nitriles is 1. The van der Waals surface area contributed by atoms with Crippen LogP contribution in [0.3, 0.4) is 0 Å². The third-order valence-electron chi connectivity index (χ3n) is 0.781. The zero-order valence-corrected chi connectivity index (χ0v) is 6.84. The van der Waals surface area contributed by atoms with Crippen LogP contribution in [0, 0.1) is 11.3 Å². The van der Waals surface area contributed by atoms with E-state index in [1.165, 1.54) is 0 Å². The first kappa shape index (κ1) is 9.13. The summed E-state index contributed by atoms with van der Waals surface area (Å²) in [5.74, 6) is 2.78. The highest BCUT2D eigenvalue weighted by Crippen LogP contribution is 2.03. The van der Waals surface area contributed by atoms with Crippen LogP contribution in [0.2, 0.25) is 0 Å². The first-order chi connectivity index (χ1) is 4.41. The van der Waals surface area contributed by atoms with Gasteiger partial charge >= 0.3 is 0 Å². The fourth-order valence-electron chi connectivity index (χ4n) is 0.376. The van der Waals surface area contributed by atoms with Gasteiger partial charge in [-0.2, -0.15) is 17.0 Å². The molecule has 1 nitrogen and oxygen atoms in total. The van der Waals surface area contributed by atoms with Gasteiger partial charge in [0.25, 0.3) is 0 Å². The van der Waals surface area contributed by atoms with Crippen LogP contribution in [0.4, 0.5) is 0 Å². The molecule has 0 saturated carbocycles. The first-order valence-corrected chi connectivity index (χ1v) is 4.61. The van der Waals surface area contributed by atoms with E-state index in [0.29, 0.717) is 6.42 Å². The maximum absolute atomic E-state index is 8.13. The number of thioether (sulfide) groups is 1. The molecule has 0 aliphatic heterocycles. The van der Waals surface area contributed by atoms with Crippen LogP contribution >= 0.6 is 23.4 Å². The molecule has 0 aromatic rings. The molecule has 0 aliphatic rings. The molecule has 9 heavy (non-hydrogen) atoms. The zero-order valence-electron chi connectivity index (χ0n) is 5.27. The average Bonchev–Trinajstić information content (AvgIpc) is 1.89. The molecule has 0 aliphatic carbocycles. The summed E-state index contributed by atoms with van der Waals surface area (Å²) >= 11 is 7.23. The number of hydrogen-bond acceptors (Lipinski definition) is 2. The SMILES string of the molecule is N#CCCSCCCCl. The fraction of sp³-hybridized carbons (Fsp3) is 0.833. The molecule has 0 spiro atoms. The average molecular weight is 164 g/mol. The van der Waals surface area contributed by atoms with Gasteiger partial charge in [-0.25, -0.2) is 0 Å². The van der Waals surface area contributed by atoms with Gasteiger partial charge in [-0.1, -0.05) is 0 Å². The van der Waals surface area contributed by atoms with E-state index in [9.17, 15) is 0 Å². The second-order valence-corrected chi connectivity index (χ2v) is 3.17. The normalized spacial score (nSPS) is 8.89. The Morgan fingerprint density at radius 3 is 2.78 bits per heavy atom. The molecule has 0 atom stereocenters. The van der Waals surface area contributed by atoms with Crippen molar-refractivity contribution in [3.05, 3.63) is 0 Å². The predicted molar refractivity (Wildman–Crippen MR) is 42.9 cm³/mol. The molecule has 0 fully saturated rings. The maximum Gasteiger partial charge on any atom is 0.0630 e. The molecule has 0 saturated heterocycles. The maximum atomic E-state index is 8.13. The van der Waals surface area contributed by atoms with Gasteiger partial charge in [0.15, 0.2) is 0 Å². The molecule has 0 bridgehead atoms. The Morgan fingerprint density at radius 1 is 1.44 bits per heavy atom. The van der Waals surface area contributed by atoms with E-state index < -0.39 is 0 Å².